The highest BCUT2D eigenvalue weighted by molar-refractivity contribution is 5.60. The third kappa shape index (κ3) is 5.04. The molecule has 5 nitrogen and oxygen atoms in total. The number of aromatic nitrogens is 2. The molecule has 0 aliphatic rings. The first-order valence-electron chi connectivity index (χ1n) is 8.40. The van der Waals surface area contributed by atoms with Crippen LogP contribution >= 0.6 is 0 Å². The van der Waals surface area contributed by atoms with Crippen molar-refractivity contribution in [2.45, 2.75) is 13.2 Å². The first kappa shape index (κ1) is 18.4. The van der Waals surface area contributed by atoms with Crippen LogP contribution in [0.4, 0.5) is 4.39 Å². The molecule has 6 heteroatoms. The van der Waals surface area contributed by atoms with Gasteiger partial charge in [0, 0.05) is 35.8 Å². The molecule has 1 N–H and O–H groups in total. The molecule has 0 amide bonds. The average Bonchev–Trinajstić information content (AvgIpc) is 2.72. The fourth-order valence-electron chi connectivity index (χ4n) is 2.37. The van der Waals surface area contributed by atoms with Crippen LogP contribution < -0.4 is 14.8 Å². The SMILES string of the molecule is C=C(NCc1ccc(OCc2ccccc2F)cc1)c1cnc(OC)nc1. The number of nitrogens with zero attached hydrogens (tertiary/aromatic N) is 2. The van der Waals surface area contributed by atoms with Crippen molar-refractivity contribution in [2.75, 3.05) is 7.11 Å². The molecule has 0 saturated carbocycles. The second-order valence-electron chi connectivity index (χ2n) is 5.81. The summed E-state index contributed by atoms with van der Waals surface area (Å²) in [6.45, 7) is 4.78. The maximum atomic E-state index is 13.6. The predicted molar refractivity (Wildman–Crippen MR) is 102 cm³/mol. The van der Waals surface area contributed by atoms with E-state index in [0.717, 1.165) is 16.8 Å². The summed E-state index contributed by atoms with van der Waals surface area (Å²) in [7, 11) is 1.52. The zero-order valence-electron chi connectivity index (χ0n) is 15.0. The Hall–Kier alpha value is -3.41. The molecule has 2 aromatic carbocycles. The van der Waals surface area contributed by atoms with Crippen molar-refractivity contribution in [3.63, 3.8) is 0 Å². The second kappa shape index (κ2) is 8.80. The van der Waals surface area contributed by atoms with E-state index in [1.807, 2.05) is 24.3 Å². The standard InChI is InChI=1S/C21H20FN3O2/c1-15(18-12-24-21(26-2)25-13-18)23-11-16-7-9-19(10-8-16)27-14-17-5-3-4-6-20(17)22/h3-10,12-13,23H,1,11,14H2,2H3. The van der Waals surface area contributed by atoms with Gasteiger partial charge < -0.3 is 14.8 Å². The van der Waals surface area contributed by atoms with E-state index < -0.39 is 0 Å². The molecule has 0 aliphatic carbocycles. The van der Waals surface area contributed by atoms with Crippen LogP contribution in [0.3, 0.4) is 0 Å². The maximum Gasteiger partial charge on any atom is 0.316 e. The van der Waals surface area contributed by atoms with E-state index in [4.69, 9.17) is 9.47 Å². The summed E-state index contributed by atoms with van der Waals surface area (Å²) in [5, 5.41) is 3.23. The van der Waals surface area contributed by atoms with Crippen molar-refractivity contribution in [1.29, 1.82) is 0 Å². The number of nitrogens with one attached hydrogen (secondary N) is 1. The zero-order valence-corrected chi connectivity index (χ0v) is 15.0. The minimum atomic E-state index is -0.264. The highest BCUT2D eigenvalue weighted by atomic mass is 19.1. The number of benzene rings is 2. The molecule has 0 atom stereocenters. The van der Waals surface area contributed by atoms with E-state index in [2.05, 4.69) is 21.9 Å². The van der Waals surface area contributed by atoms with Gasteiger partial charge in [0.05, 0.1) is 7.11 Å². The molecule has 1 heterocycles. The van der Waals surface area contributed by atoms with Crippen LogP contribution in [-0.4, -0.2) is 17.1 Å². The zero-order chi connectivity index (χ0) is 19.1. The van der Waals surface area contributed by atoms with E-state index >= 15 is 0 Å². The normalized spacial score (nSPS) is 10.3. The lowest BCUT2D eigenvalue weighted by molar-refractivity contribution is 0.300. The highest BCUT2D eigenvalue weighted by Crippen LogP contribution is 2.16. The third-order valence-electron chi connectivity index (χ3n) is 3.94. The Morgan fingerprint density at radius 3 is 2.44 bits per heavy atom. The van der Waals surface area contributed by atoms with Gasteiger partial charge in [0.25, 0.3) is 0 Å². The summed E-state index contributed by atoms with van der Waals surface area (Å²) in [6.07, 6.45) is 3.31. The van der Waals surface area contributed by atoms with Crippen LogP contribution in [0, 0.1) is 5.82 Å². The van der Waals surface area contributed by atoms with E-state index in [9.17, 15) is 4.39 Å². The van der Waals surface area contributed by atoms with Crippen molar-refractivity contribution in [2.24, 2.45) is 0 Å². The Morgan fingerprint density at radius 2 is 1.78 bits per heavy atom. The van der Waals surface area contributed by atoms with E-state index in [0.29, 0.717) is 23.9 Å². The second-order valence-corrected chi connectivity index (χ2v) is 5.81. The topological polar surface area (TPSA) is 56.3 Å². The molecular formula is C21H20FN3O2. The molecule has 138 valence electrons. The number of hydrogen-bond acceptors (Lipinski definition) is 5. The van der Waals surface area contributed by atoms with Gasteiger partial charge in [-0.3, -0.25) is 0 Å². The molecule has 3 rings (SSSR count). The van der Waals surface area contributed by atoms with Gasteiger partial charge in [0.2, 0.25) is 0 Å². The molecule has 27 heavy (non-hydrogen) atoms. The fourth-order valence-corrected chi connectivity index (χ4v) is 2.37. The van der Waals surface area contributed by atoms with Crippen LogP contribution in [0.15, 0.2) is 67.5 Å². The molecule has 1 aromatic heterocycles. The van der Waals surface area contributed by atoms with Gasteiger partial charge in [-0.1, -0.05) is 36.9 Å². The van der Waals surface area contributed by atoms with Crippen LogP contribution in [0.25, 0.3) is 5.70 Å². The summed E-state index contributed by atoms with van der Waals surface area (Å²) >= 11 is 0. The molecule has 0 fully saturated rings. The molecule has 0 bridgehead atoms. The number of hydrogen-bond donors (Lipinski definition) is 1. The molecule has 0 radical (unpaired) electrons. The molecule has 0 unspecified atom stereocenters. The fraction of sp³-hybridized carbons (Fsp3) is 0.143. The van der Waals surface area contributed by atoms with Crippen molar-refractivity contribution < 1.29 is 13.9 Å². The van der Waals surface area contributed by atoms with Gasteiger partial charge in [0.15, 0.2) is 0 Å². The largest absolute Gasteiger partial charge is 0.489 e. The van der Waals surface area contributed by atoms with Crippen LogP contribution in [0.2, 0.25) is 0 Å². The summed E-state index contributed by atoms with van der Waals surface area (Å²) in [6, 6.07) is 14.5. The quantitative estimate of drug-likeness (QED) is 0.655. The van der Waals surface area contributed by atoms with E-state index in [1.54, 1.807) is 30.6 Å². The Kier molecular flexibility index (Phi) is 5.99. The summed E-state index contributed by atoms with van der Waals surface area (Å²) in [4.78, 5) is 8.12. The van der Waals surface area contributed by atoms with Gasteiger partial charge in [-0.05, 0) is 23.8 Å². The number of methoxy groups -OCH3 is 1. The lowest BCUT2D eigenvalue weighted by Crippen LogP contribution is -2.11. The third-order valence-corrected chi connectivity index (χ3v) is 3.94. The van der Waals surface area contributed by atoms with E-state index in [-0.39, 0.29) is 12.4 Å². The predicted octanol–water partition coefficient (Wildman–Crippen LogP) is 3.96. The average molecular weight is 365 g/mol. The summed E-state index contributed by atoms with van der Waals surface area (Å²) in [5.41, 5.74) is 3.10. The van der Waals surface area contributed by atoms with Crippen molar-refractivity contribution >= 4 is 5.70 Å². The van der Waals surface area contributed by atoms with Crippen molar-refractivity contribution in [3.8, 4) is 11.8 Å². The lowest BCUT2D eigenvalue weighted by Gasteiger charge is -2.11. The molecule has 3 aromatic rings. The number of ether oxygens (including phenoxy) is 2. The first-order valence-corrected chi connectivity index (χ1v) is 8.40. The number of rotatable bonds is 8. The van der Waals surface area contributed by atoms with Gasteiger partial charge in [-0.15, -0.1) is 0 Å². The Morgan fingerprint density at radius 1 is 1.07 bits per heavy atom. The Bertz CT molecular complexity index is 896. The lowest BCUT2D eigenvalue weighted by atomic mass is 10.2. The summed E-state index contributed by atoms with van der Waals surface area (Å²) < 4.78 is 24.2. The first-order chi connectivity index (χ1) is 13.2. The van der Waals surface area contributed by atoms with Crippen molar-refractivity contribution in [3.05, 3.63) is 90.0 Å². The maximum absolute atomic E-state index is 13.6. The van der Waals surface area contributed by atoms with Gasteiger partial charge in [-0.2, -0.15) is 0 Å². The van der Waals surface area contributed by atoms with Crippen LogP contribution in [-0.2, 0) is 13.2 Å². The van der Waals surface area contributed by atoms with Gasteiger partial charge in [0.1, 0.15) is 18.2 Å². The minimum absolute atomic E-state index is 0.193. The molecule has 0 saturated heterocycles. The van der Waals surface area contributed by atoms with Gasteiger partial charge in [-0.25, -0.2) is 14.4 Å². The minimum Gasteiger partial charge on any atom is -0.489 e. The number of halogens is 1. The van der Waals surface area contributed by atoms with E-state index in [1.165, 1.54) is 13.2 Å². The smallest absolute Gasteiger partial charge is 0.316 e. The van der Waals surface area contributed by atoms with Gasteiger partial charge >= 0.3 is 6.01 Å². The van der Waals surface area contributed by atoms with Crippen LogP contribution in [0.1, 0.15) is 16.7 Å². The summed E-state index contributed by atoms with van der Waals surface area (Å²) in [5.74, 6) is 0.420. The highest BCUT2D eigenvalue weighted by Gasteiger charge is 2.04. The van der Waals surface area contributed by atoms with Crippen molar-refractivity contribution in [1.82, 2.24) is 15.3 Å². The Balaban J connectivity index is 1.51. The molecular weight excluding hydrogens is 345 g/mol. The monoisotopic (exact) mass is 365 g/mol. The molecule has 0 aliphatic heterocycles. The Labute approximate surface area is 157 Å². The molecule has 0 spiro atoms. The van der Waals surface area contributed by atoms with Crippen LogP contribution in [0.5, 0.6) is 11.8 Å².